The number of fused-ring (bicyclic) bond motifs is 1. The number of amides is 2. The maximum absolute atomic E-state index is 12.4. The van der Waals surface area contributed by atoms with Gasteiger partial charge in [0.05, 0.1) is 5.56 Å². The lowest BCUT2D eigenvalue weighted by Crippen LogP contribution is -2.35. The van der Waals surface area contributed by atoms with Crippen LogP contribution in [0.25, 0.3) is 0 Å². The van der Waals surface area contributed by atoms with E-state index >= 15 is 0 Å². The molecule has 114 valence electrons. The molecule has 1 aliphatic rings. The molecule has 0 bridgehead atoms. The van der Waals surface area contributed by atoms with Gasteiger partial charge in [0.1, 0.15) is 0 Å². The molecule has 0 aromatic carbocycles. The number of aromatic nitrogens is 3. The number of hydrogen-bond donors (Lipinski definition) is 2. The fraction of sp³-hybridized carbons (Fsp3) is 0.333. The fourth-order valence-electron chi connectivity index (χ4n) is 2.62. The predicted molar refractivity (Wildman–Crippen MR) is 80.3 cm³/mol. The minimum atomic E-state index is -0.230. The summed E-state index contributed by atoms with van der Waals surface area (Å²) in [6.07, 6.45) is 3.94. The molecule has 3 heterocycles. The Hall–Kier alpha value is -2.70. The fourth-order valence-corrected chi connectivity index (χ4v) is 2.62. The van der Waals surface area contributed by atoms with E-state index in [1.165, 1.54) is 0 Å². The number of aromatic amines is 1. The first-order valence-corrected chi connectivity index (χ1v) is 7.09. The standard InChI is InChI=1S/C15H17N5O2/c1-9-5-14(19-18-9)17-15(22)13-7-16-6-11-8-20(10(2)21)4-3-12(11)13/h5-7H,3-4,8H2,1-2H3,(H2,17,18,19,22). The van der Waals surface area contributed by atoms with Crippen LogP contribution in [0.4, 0.5) is 5.82 Å². The summed E-state index contributed by atoms with van der Waals surface area (Å²) in [5.74, 6) is 0.293. The molecular formula is C15H17N5O2. The highest BCUT2D eigenvalue weighted by Gasteiger charge is 2.23. The minimum Gasteiger partial charge on any atom is -0.338 e. The summed E-state index contributed by atoms with van der Waals surface area (Å²) in [7, 11) is 0. The highest BCUT2D eigenvalue weighted by molar-refractivity contribution is 6.04. The molecule has 0 spiro atoms. The zero-order chi connectivity index (χ0) is 15.7. The highest BCUT2D eigenvalue weighted by atomic mass is 16.2. The number of rotatable bonds is 2. The van der Waals surface area contributed by atoms with Crippen LogP contribution >= 0.6 is 0 Å². The molecular weight excluding hydrogens is 282 g/mol. The van der Waals surface area contributed by atoms with Crippen LogP contribution in [0.3, 0.4) is 0 Å². The average Bonchev–Trinajstić information content (AvgIpc) is 2.91. The lowest BCUT2D eigenvalue weighted by atomic mass is 9.96. The molecule has 22 heavy (non-hydrogen) atoms. The van der Waals surface area contributed by atoms with Crippen molar-refractivity contribution in [3.8, 4) is 0 Å². The maximum atomic E-state index is 12.4. The van der Waals surface area contributed by atoms with Gasteiger partial charge in [-0.3, -0.25) is 19.7 Å². The van der Waals surface area contributed by atoms with Crippen LogP contribution in [0, 0.1) is 6.92 Å². The number of nitrogens with zero attached hydrogens (tertiary/aromatic N) is 3. The molecule has 0 radical (unpaired) electrons. The normalized spacial score (nSPS) is 13.6. The summed E-state index contributed by atoms with van der Waals surface area (Å²) in [6, 6.07) is 1.76. The Morgan fingerprint density at radius 2 is 2.18 bits per heavy atom. The van der Waals surface area contributed by atoms with Gasteiger partial charge in [0.25, 0.3) is 5.91 Å². The highest BCUT2D eigenvalue weighted by Crippen LogP contribution is 2.22. The molecule has 0 fully saturated rings. The lowest BCUT2D eigenvalue weighted by molar-refractivity contribution is -0.129. The summed E-state index contributed by atoms with van der Waals surface area (Å²) in [6.45, 7) is 4.54. The quantitative estimate of drug-likeness (QED) is 0.873. The molecule has 0 unspecified atom stereocenters. The summed E-state index contributed by atoms with van der Waals surface area (Å²) in [5.41, 5.74) is 3.30. The van der Waals surface area contributed by atoms with Gasteiger partial charge in [-0.1, -0.05) is 0 Å². The summed E-state index contributed by atoms with van der Waals surface area (Å²) >= 11 is 0. The largest absolute Gasteiger partial charge is 0.338 e. The molecule has 3 rings (SSSR count). The van der Waals surface area contributed by atoms with Crippen molar-refractivity contribution < 1.29 is 9.59 Å². The molecule has 7 nitrogen and oxygen atoms in total. The number of carbonyl (C=O) groups excluding carboxylic acids is 2. The van der Waals surface area contributed by atoms with Crippen LogP contribution in [0.1, 0.15) is 34.1 Å². The third kappa shape index (κ3) is 2.69. The number of H-pyrrole nitrogens is 1. The van der Waals surface area contributed by atoms with E-state index in [9.17, 15) is 9.59 Å². The van der Waals surface area contributed by atoms with Crippen molar-refractivity contribution in [1.82, 2.24) is 20.1 Å². The zero-order valence-corrected chi connectivity index (χ0v) is 12.5. The SMILES string of the molecule is CC(=O)N1CCc2c(cncc2C(=O)Nc2cc(C)[nH]n2)C1. The Kier molecular flexibility index (Phi) is 3.62. The van der Waals surface area contributed by atoms with E-state index in [-0.39, 0.29) is 11.8 Å². The summed E-state index contributed by atoms with van der Waals surface area (Å²) < 4.78 is 0. The molecule has 2 N–H and O–H groups in total. The second-order valence-corrected chi connectivity index (χ2v) is 5.41. The van der Waals surface area contributed by atoms with Crippen molar-refractivity contribution in [1.29, 1.82) is 0 Å². The Morgan fingerprint density at radius 1 is 1.36 bits per heavy atom. The van der Waals surface area contributed by atoms with Gasteiger partial charge in [0.2, 0.25) is 5.91 Å². The summed E-state index contributed by atoms with van der Waals surface area (Å²) in [4.78, 5) is 29.8. The van der Waals surface area contributed by atoms with Crippen molar-refractivity contribution in [3.05, 3.63) is 40.8 Å². The van der Waals surface area contributed by atoms with E-state index in [4.69, 9.17) is 0 Å². The van der Waals surface area contributed by atoms with Crippen molar-refractivity contribution in [2.24, 2.45) is 0 Å². The van der Waals surface area contributed by atoms with Gasteiger partial charge in [0.15, 0.2) is 5.82 Å². The Balaban J connectivity index is 1.85. The van der Waals surface area contributed by atoms with Crippen molar-refractivity contribution in [3.63, 3.8) is 0 Å². The second kappa shape index (κ2) is 5.59. The average molecular weight is 299 g/mol. The minimum absolute atomic E-state index is 0.0347. The van der Waals surface area contributed by atoms with E-state index in [1.54, 1.807) is 30.3 Å². The van der Waals surface area contributed by atoms with Crippen LogP contribution in [0.5, 0.6) is 0 Å². The lowest BCUT2D eigenvalue weighted by Gasteiger charge is -2.28. The number of carbonyl (C=O) groups is 2. The van der Waals surface area contributed by atoms with E-state index in [0.29, 0.717) is 30.9 Å². The first-order valence-electron chi connectivity index (χ1n) is 7.09. The molecule has 2 aromatic rings. The third-order valence-electron chi connectivity index (χ3n) is 3.78. The molecule has 2 amide bonds. The predicted octanol–water partition coefficient (Wildman–Crippen LogP) is 1.27. The molecule has 1 aliphatic heterocycles. The summed E-state index contributed by atoms with van der Waals surface area (Å²) in [5, 5.41) is 9.54. The molecule has 0 aliphatic carbocycles. The maximum Gasteiger partial charge on any atom is 0.258 e. The Labute approximate surface area is 127 Å². The van der Waals surface area contributed by atoms with Gasteiger partial charge in [-0.2, -0.15) is 5.10 Å². The number of nitrogens with one attached hydrogen (secondary N) is 2. The number of anilines is 1. The second-order valence-electron chi connectivity index (χ2n) is 5.41. The van der Waals surface area contributed by atoms with E-state index in [2.05, 4.69) is 20.5 Å². The number of aryl methyl sites for hydroxylation is 1. The van der Waals surface area contributed by atoms with Crippen LogP contribution in [-0.2, 0) is 17.8 Å². The monoisotopic (exact) mass is 299 g/mol. The van der Waals surface area contributed by atoms with Gasteiger partial charge in [-0.25, -0.2) is 0 Å². The third-order valence-corrected chi connectivity index (χ3v) is 3.78. The van der Waals surface area contributed by atoms with E-state index in [0.717, 1.165) is 16.8 Å². The van der Waals surface area contributed by atoms with Gasteiger partial charge < -0.3 is 10.2 Å². The Bertz CT molecular complexity index is 737. The van der Waals surface area contributed by atoms with Gasteiger partial charge in [-0.05, 0) is 24.5 Å². The van der Waals surface area contributed by atoms with Gasteiger partial charge in [-0.15, -0.1) is 0 Å². The van der Waals surface area contributed by atoms with E-state index in [1.807, 2.05) is 6.92 Å². The first kappa shape index (κ1) is 14.2. The van der Waals surface area contributed by atoms with E-state index < -0.39 is 0 Å². The smallest absolute Gasteiger partial charge is 0.258 e. The number of pyridine rings is 1. The van der Waals surface area contributed by atoms with Gasteiger partial charge >= 0.3 is 0 Å². The van der Waals surface area contributed by atoms with Crippen LogP contribution in [-0.4, -0.2) is 38.4 Å². The van der Waals surface area contributed by atoms with Crippen molar-refractivity contribution in [2.75, 3.05) is 11.9 Å². The Morgan fingerprint density at radius 3 is 2.86 bits per heavy atom. The van der Waals surface area contributed by atoms with Crippen molar-refractivity contribution >= 4 is 17.6 Å². The van der Waals surface area contributed by atoms with Crippen LogP contribution in [0.2, 0.25) is 0 Å². The molecule has 7 heteroatoms. The topological polar surface area (TPSA) is 91.0 Å². The molecule has 0 atom stereocenters. The van der Waals surface area contributed by atoms with Gasteiger partial charge in [0, 0.05) is 44.2 Å². The molecule has 0 saturated carbocycles. The number of hydrogen-bond acceptors (Lipinski definition) is 4. The zero-order valence-electron chi connectivity index (χ0n) is 12.5. The first-order chi connectivity index (χ1) is 10.5. The van der Waals surface area contributed by atoms with Crippen LogP contribution in [0.15, 0.2) is 18.5 Å². The molecule has 0 saturated heterocycles. The van der Waals surface area contributed by atoms with Crippen LogP contribution < -0.4 is 5.32 Å². The molecule has 2 aromatic heterocycles. The van der Waals surface area contributed by atoms with Crippen molar-refractivity contribution in [2.45, 2.75) is 26.8 Å².